The van der Waals surface area contributed by atoms with Crippen molar-refractivity contribution < 1.29 is 16.8 Å². The minimum atomic E-state index is -3.92. The molecule has 0 unspecified atom stereocenters. The largest absolute Gasteiger partial charge is 0.278 e. The second kappa shape index (κ2) is 7.13. The number of hydrogen-bond acceptors (Lipinski definition) is 4. The van der Waals surface area contributed by atoms with Gasteiger partial charge in [-0.1, -0.05) is 36.2 Å². The summed E-state index contributed by atoms with van der Waals surface area (Å²) in [4.78, 5) is -0.0312. The predicted octanol–water partition coefficient (Wildman–Crippen LogP) is 3.63. The van der Waals surface area contributed by atoms with Gasteiger partial charge < -0.3 is 0 Å². The molecule has 8 heteroatoms. The van der Waals surface area contributed by atoms with Gasteiger partial charge in [-0.25, -0.2) is 16.8 Å². The second-order valence-electron chi connectivity index (χ2n) is 5.38. The first kappa shape index (κ1) is 18.8. The number of halogens is 1. The van der Waals surface area contributed by atoms with Crippen molar-refractivity contribution in [2.45, 2.75) is 30.1 Å². The van der Waals surface area contributed by atoms with Gasteiger partial charge in [0.15, 0.2) is 9.84 Å². The maximum Gasteiger partial charge on any atom is 0.261 e. The van der Waals surface area contributed by atoms with E-state index in [0.717, 1.165) is 5.56 Å². The summed E-state index contributed by atoms with van der Waals surface area (Å²) in [6.45, 7) is 3.58. The van der Waals surface area contributed by atoms with E-state index in [0.29, 0.717) is 6.42 Å². The molecule has 0 radical (unpaired) electrons. The van der Waals surface area contributed by atoms with Gasteiger partial charge in [0.25, 0.3) is 10.0 Å². The van der Waals surface area contributed by atoms with Crippen molar-refractivity contribution in [3.63, 3.8) is 0 Å². The Hall–Kier alpha value is -1.57. The fourth-order valence-electron chi connectivity index (χ4n) is 2.15. The molecule has 0 aliphatic carbocycles. The molecule has 2 aromatic carbocycles. The topological polar surface area (TPSA) is 80.3 Å². The van der Waals surface area contributed by atoms with E-state index in [-0.39, 0.29) is 26.3 Å². The van der Waals surface area contributed by atoms with E-state index >= 15 is 0 Å². The zero-order valence-corrected chi connectivity index (χ0v) is 15.7. The maximum absolute atomic E-state index is 12.5. The number of sulfonamides is 1. The number of sulfone groups is 1. The Morgan fingerprint density at radius 1 is 1.00 bits per heavy atom. The van der Waals surface area contributed by atoms with Gasteiger partial charge in [-0.15, -0.1) is 0 Å². The van der Waals surface area contributed by atoms with Crippen LogP contribution in [0.15, 0.2) is 52.3 Å². The van der Waals surface area contributed by atoms with Crippen LogP contribution in [0.5, 0.6) is 0 Å². The van der Waals surface area contributed by atoms with Gasteiger partial charge in [-0.3, -0.25) is 4.72 Å². The molecule has 0 saturated heterocycles. The number of rotatable bonds is 6. The predicted molar refractivity (Wildman–Crippen MR) is 95.8 cm³/mol. The highest BCUT2D eigenvalue weighted by Gasteiger charge is 2.22. The van der Waals surface area contributed by atoms with Gasteiger partial charge in [-0.2, -0.15) is 0 Å². The lowest BCUT2D eigenvalue weighted by Crippen LogP contribution is -2.16. The van der Waals surface area contributed by atoms with Crippen molar-refractivity contribution in [1.82, 2.24) is 0 Å². The van der Waals surface area contributed by atoms with E-state index in [9.17, 15) is 16.8 Å². The van der Waals surface area contributed by atoms with E-state index in [1.54, 1.807) is 19.1 Å². The van der Waals surface area contributed by atoms with E-state index in [1.165, 1.54) is 30.3 Å². The number of hydrogen-bond donors (Lipinski definition) is 1. The summed E-state index contributed by atoms with van der Waals surface area (Å²) in [5, 5.41) is 0.243. The second-order valence-corrected chi connectivity index (χ2v) is 9.57. The van der Waals surface area contributed by atoms with Crippen molar-refractivity contribution in [3.05, 3.63) is 53.1 Å². The first-order chi connectivity index (χ1) is 11.2. The Bertz CT molecular complexity index is 937. The fourth-order valence-corrected chi connectivity index (χ4v) is 4.94. The smallest absolute Gasteiger partial charge is 0.261 e. The third-order valence-electron chi connectivity index (χ3n) is 3.33. The SMILES string of the molecule is CCCS(=O)(=O)c1ccc(Cl)cc1NS(=O)(=O)c1ccc(C)cc1. The van der Waals surface area contributed by atoms with Crippen LogP contribution in [0.2, 0.25) is 5.02 Å². The first-order valence-electron chi connectivity index (χ1n) is 7.27. The van der Waals surface area contributed by atoms with Gasteiger partial charge in [-0.05, 0) is 43.7 Å². The van der Waals surface area contributed by atoms with E-state index in [2.05, 4.69) is 4.72 Å². The molecule has 0 aliphatic heterocycles. The average molecular weight is 388 g/mol. The van der Waals surface area contributed by atoms with Gasteiger partial charge in [0.2, 0.25) is 0 Å². The molecule has 5 nitrogen and oxygen atoms in total. The summed E-state index contributed by atoms with van der Waals surface area (Å²) in [6, 6.07) is 10.3. The Balaban J connectivity index is 2.49. The molecule has 130 valence electrons. The monoisotopic (exact) mass is 387 g/mol. The molecule has 0 fully saturated rings. The average Bonchev–Trinajstić information content (AvgIpc) is 2.47. The van der Waals surface area contributed by atoms with Crippen LogP contribution in [0.3, 0.4) is 0 Å². The summed E-state index contributed by atoms with van der Waals surface area (Å²) in [5.41, 5.74) is 0.874. The van der Waals surface area contributed by atoms with Crippen LogP contribution in [0.4, 0.5) is 5.69 Å². The normalized spacial score (nSPS) is 12.1. The fraction of sp³-hybridized carbons (Fsp3) is 0.250. The number of aryl methyl sites for hydroxylation is 1. The molecule has 0 amide bonds. The molecule has 0 atom stereocenters. The van der Waals surface area contributed by atoms with Crippen LogP contribution in [0.1, 0.15) is 18.9 Å². The molecule has 0 bridgehead atoms. The minimum Gasteiger partial charge on any atom is -0.278 e. The molecule has 0 aromatic heterocycles. The molecule has 24 heavy (non-hydrogen) atoms. The quantitative estimate of drug-likeness (QED) is 0.820. The van der Waals surface area contributed by atoms with E-state index < -0.39 is 19.9 Å². The van der Waals surface area contributed by atoms with Crippen molar-refractivity contribution in [2.24, 2.45) is 0 Å². The van der Waals surface area contributed by atoms with Gasteiger partial charge in [0, 0.05) is 5.02 Å². The Morgan fingerprint density at radius 2 is 1.62 bits per heavy atom. The summed E-state index contributed by atoms with van der Waals surface area (Å²) < 4.78 is 52.1. The summed E-state index contributed by atoms with van der Waals surface area (Å²) in [7, 11) is -7.52. The molecular formula is C16H18ClNO4S2. The van der Waals surface area contributed by atoms with Crippen LogP contribution in [0, 0.1) is 6.92 Å². The minimum absolute atomic E-state index is 0.0449. The van der Waals surface area contributed by atoms with Crippen LogP contribution < -0.4 is 4.72 Å². The van der Waals surface area contributed by atoms with Crippen molar-refractivity contribution >= 4 is 37.1 Å². The first-order valence-corrected chi connectivity index (χ1v) is 10.8. The zero-order chi connectivity index (χ0) is 18.0. The van der Waals surface area contributed by atoms with Gasteiger partial charge in [0.1, 0.15) is 0 Å². The summed E-state index contributed by atoms with van der Waals surface area (Å²) in [5.74, 6) is -0.0755. The van der Waals surface area contributed by atoms with Crippen LogP contribution >= 0.6 is 11.6 Å². The highest BCUT2D eigenvalue weighted by Crippen LogP contribution is 2.28. The highest BCUT2D eigenvalue weighted by atomic mass is 35.5. The zero-order valence-electron chi connectivity index (χ0n) is 13.3. The summed E-state index contributed by atoms with van der Waals surface area (Å²) >= 11 is 5.91. The Labute approximate surface area is 147 Å². The molecule has 0 spiro atoms. The van der Waals surface area contributed by atoms with Crippen molar-refractivity contribution in [1.29, 1.82) is 0 Å². The lowest BCUT2D eigenvalue weighted by atomic mass is 10.2. The third kappa shape index (κ3) is 4.28. The maximum atomic E-state index is 12.5. The van der Waals surface area contributed by atoms with Gasteiger partial charge >= 0.3 is 0 Å². The van der Waals surface area contributed by atoms with E-state index in [1.807, 2.05) is 6.92 Å². The molecule has 0 heterocycles. The highest BCUT2D eigenvalue weighted by molar-refractivity contribution is 7.93. The molecule has 0 saturated carbocycles. The standard InChI is InChI=1S/C16H18ClNO4S2/c1-3-10-23(19,20)16-9-6-13(17)11-15(16)18-24(21,22)14-7-4-12(2)5-8-14/h4-9,11,18H,3,10H2,1-2H3. The Morgan fingerprint density at radius 3 is 2.21 bits per heavy atom. The number of nitrogens with one attached hydrogen (secondary N) is 1. The molecule has 2 aromatic rings. The van der Waals surface area contributed by atoms with E-state index in [4.69, 9.17) is 11.6 Å². The van der Waals surface area contributed by atoms with Crippen molar-refractivity contribution in [3.8, 4) is 0 Å². The molecule has 2 rings (SSSR count). The molecule has 1 N–H and O–H groups in total. The van der Waals surface area contributed by atoms with Crippen molar-refractivity contribution in [2.75, 3.05) is 10.5 Å². The third-order valence-corrected chi connectivity index (χ3v) is 6.91. The lowest BCUT2D eigenvalue weighted by molar-refractivity contribution is 0.595. The van der Waals surface area contributed by atoms with Gasteiger partial charge in [0.05, 0.1) is 21.2 Å². The number of anilines is 1. The number of benzene rings is 2. The Kier molecular flexibility index (Phi) is 5.57. The van der Waals surface area contributed by atoms with Crippen LogP contribution in [-0.2, 0) is 19.9 Å². The molecule has 0 aliphatic rings. The van der Waals surface area contributed by atoms with Crippen LogP contribution in [0.25, 0.3) is 0 Å². The lowest BCUT2D eigenvalue weighted by Gasteiger charge is -2.13. The summed E-state index contributed by atoms with van der Waals surface area (Å²) in [6.07, 6.45) is 0.426. The molecular weight excluding hydrogens is 370 g/mol. The van der Waals surface area contributed by atoms with Crippen LogP contribution in [-0.4, -0.2) is 22.6 Å².